The third kappa shape index (κ3) is 5.38. The molecule has 0 fully saturated rings. The fourth-order valence-corrected chi connectivity index (χ4v) is 2.16. The summed E-state index contributed by atoms with van der Waals surface area (Å²) >= 11 is 3.49. The minimum absolute atomic E-state index is 0.684. The fourth-order valence-electron chi connectivity index (χ4n) is 1.67. The van der Waals surface area contributed by atoms with E-state index in [9.17, 15) is 0 Å². The maximum atomic E-state index is 5.80. The van der Waals surface area contributed by atoms with Crippen LogP contribution in [-0.2, 0) is 11.3 Å². The zero-order chi connectivity index (χ0) is 14.1. The molecule has 0 saturated carbocycles. The lowest BCUT2D eigenvalue weighted by Crippen LogP contribution is -2.19. The molecule has 0 saturated heterocycles. The van der Waals surface area contributed by atoms with Crippen LogP contribution in [0, 0.1) is 0 Å². The molecular weight excluding hydrogens is 310 g/mol. The van der Waals surface area contributed by atoms with Crippen LogP contribution in [0.5, 0.6) is 11.5 Å². The highest BCUT2D eigenvalue weighted by atomic mass is 79.9. The lowest BCUT2D eigenvalue weighted by Gasteiger charge is -2.16. The van der Waals surface area contributed by atoms with Crippen molar-refractivity contribution in [3.05, 3.63) is 22.2 Å². The molecule has 1 aromatic rings. The van der Waals surface area contributed by atoms with Crippen LogP contribution in [0.1, 0.15) is 18.9 Å². The fraction of sp³-hybridized carbons (Fsp3) is 0.571. The number of ether oxygens (including phenoxy) is 3. The molecular formula is C14H22BrNO3. The molecule has 0 unspecified atom stereocenters. The van der Waals surface area contributed by atoms with Crippen LogP contribution in [0.2, 0.25) is 0 Å². The van der Waals surface area contributed by atoms with E-state index >= 15 is 0 Å². The summed E-state index contributed by atoms with van der Waals surface area (Å²) < 4.78 is 17.2. The average molecular weight is 332 g/mol. The third-order valence-electron chi connectivity index (χ3n) is 2.57. The molecule has 1 aromatic carbocycles. The van der Waals surface area contributed by atoms with Crippen LogP contribution in [0.3, 0.4) is 0 Å². The monoisotopic (exact) mass is 331 g/mol. The van der Waals surface area contributed by atoms with Gasteiger partial charge >= 0.3 is 0 Å². The van der Waals surface area contributed by atoms with Gasteiger partial charge in [-0.2, -0.15) is 0 Å². The summed E-state index contributed by atoms with van der Waals surface area (Å²) in [4.78, 5) is 0. The van der Waals surface area contributed by atoms with Crippen molar-refractivity contribution >= 4 is 15.9 Å². The highest BCUT2D eigenvalue weighted by Gasteiger charge is 2.12. The van der Waals surface area contributed by atoms with Crippen LogP contribution in [0.25, 0.3) is 0 Å². The van der Waals surface area contributed by atoms with Crippen molar-refractivity contribution in [2.45, 2.75) is 19.9 Å². The zero-order valence-electron chi connectivity index (χ0n) is 11.8. The summed E-state index contributed by atoms with van der Waals surface area (Å²) in [5, 5.41) is 3.32. The van der Waals surface area contributed by atoms with Gasteiger partial charge in [-0.3, -0.25) is 0 Å². The molecule has 5 heteroatoms. The lowest BCUT2D eigenvalue weighted by atomic mass is 10.2. The second kappa shape index (κ2) is 9.18. The summed E-state index contributed by atoms with van der Waals surface area (Å²) in [6.07, 6.45) is 0.968. The first-order valence-electron chi connectivity index (χ1n) is 6.41. The molecule has 0 heterocycles. The van der Waals surface area contributed by atoms with Crippen LogP contribution >= 0.6 is 15.9 Å². The second-order valence-corrected chi connectivity index (χ2v) is 5.03. The third-order valence-corrected chi connectivity index (χ3v) is 3.02. The first kappa shape index (κ1) is 16.3. The first-order chi connectivity index (χ1) is 9.22. The number of rotatable bonds is 9. The van der Waals surface area contributed by atoms with Crippen LogP contribution < -0.4 is 14.8 Å². The molecule has 1 rings (SSSR count). The van der Waals surface area contributed by atoms with Gasteiger partial charge in [0.25, 0.3) is 0 Å². The van der Waals surface area contributed by atoms with Crippen molar-refractivity contribution in [1.82, 2.24) is 5.32 Å². The predicted octanol–water partition coefficient (Wildman–Crippen LogP) is 2.98. The predicted molar refractivity (Wildman–Crippen MR) is 80.1 cm³/mol. The molecule has 1 N–H and O–H groups in total. The van der Waals surface area contributed by atoms with Gasteiger partial charge in [0, 0.05) is 30.2 Å². The number of methoxy groups -OCH3 is 2. The van der Waals surface area contributed by atoms with Crippen molar-refractivity contribution in [3.63, 3.8) is 0 Å². The number of hydrogen-bond acceptors (Lipinski definition) is 4. The van der Waals surface area contributed by atoms with Crippen molar-refractivity contribution in [3.8, 4) is 11.5 Å². The molecule has 0 bridgehead atoms. The van der Waals surface area contributed by atoms with Crippen LogP contribution in [0.15, 0.2) is 16.6 Å². The smallest absolute Gasteiger partial charge is 0.165 e. The zero-order valence-corrected chi connectivity index (χ0v) is 13.4. The highest BCUT2D eigenvalue weighted by Crippen LogP contribution is 2.35. The van der Waals surface area contributed by atoms with Gasteiger partial charge in [0.1, 0.15) is 0 Å². The van der Waals surface area contributed by atoms with Gasteiger partial charge in [-0.25, -0.2) is 0 Å². The van der Waals surface area contributed by atoms with Gasteiger partial charge in [0.2, 0.25) is 0 Å². The van der Waals surface area contributed by atoms with Gasteiger partial charge in [-0.15, -0.1) is 0 Å². The van der Waals surface area contributed by atoms with Crippen LogP contribution in [0.4, 0.5) is 0 Å². The number of hydrogen-bond donors (Lipinski definition) is 1. The Morgan fingerprint density at radius 2 is 2.00 bits per heavy atom. The second-order valence-electron chi connectivity index (χ2n) is 4.11. The van der Waals surface area contributed by atoms with E-state index in [1.165, 1.54) is 0 Å². The molecule has 0 atom stereocenters. The molecule has 0 aromatic heterocycles. The Balaban J connectivity index is 2.82. The Hall–Kier alpha value is -0.780. The van der Waals surface area contributed by atoms with E-state index in [0.29, 0.717) is 13.2 Å². The lowest BCUT2D eigenvalue weighted by molar-refractivity contribution is 0.199. The van der Waals surface area contributed by atoms with Crippen molar-refractivity contribution < 1.29 is 14.2 Å². The maximum Gasteiger partial charge on any atom is 0.165 e. The highest BCUT2D eigenvalue weighted by molar-refractivity contribution is 9.10. The van der Waals surface area contributed by atoms with E-state index in [2.05, 4.69) is 28.2 Å². The average Bonchev–Trinajstić information content (AvgIpc) is 2.41. The molecule has 4 nitrogen and oxygen atoms in total. The van der Waals surface area contributed by atoms with Gasteiger partial charge in [-0.05, 0) is 18.6 Å². The van der Waals surface area contributed by atoms with Crippen LogP contribution in [-0.4, -0.2) is 34.0 Å². The Morgan fingerprint density at radius 3 is 2.63 bits per heavy atom. The largest absolute Gasteiger partial charge is 0.493 e. The Morgan fingerprint density at radius 1 is 1.21 bits per heavy atom. The van der Waals surface area contributed by atoms with E-state index in [1.54, 1.807) is 14.2 Å². The summed E-state index contributed by atoms with van der Waals surface area (Å²) in [5.41, 5.74) is 1.08. The van der Waals surface area contributed by atoms with E-state index in [1.807, 2.05) is 12.1 Å². The Kier molecular flexibility index (Phi) is 7.86. The molecule has 0 aliphatic rings. The van der Waals surface area contributed by atoms with Crippen molar-refractivity contribution in [2.24, 2.45) is 0 Å². The van der Waals surface area contributed by atoms with Gasteiger partial charge in [-0.1, -0.05) is 22.9 Å². The summed E-state index contributed by atoms with van der Waals surface area (Å²) in [7, 11) is 3.35. The van der Waals surface area contributed by atoms with E-state index in [0.717, 1.165) is 41.0 Å². The molecule has 0 radical (unpaired) electrons. The minimum atomic E-state index is 0.684. The maximum absolute atomic E-state index is 5.80. The van der Waals surface area contributed by atoms with E-state index < -0.39 is 0 Å². The van der Waals surface area contributed by atoms with Gasteiger partial charge < -0.3 is 19.5 Å². The molecule has 0 amide bonds. The number of halogens is 1. The summed E-state index contributed by atoms with van der Waals surface area (Å²) in [5.74, 6) is 1.57. The SMILES string of the molecule is CCCOc1c(CNCCOC)cc(Br)cc1OC. The first-order valence-corrected chi connectivity index (χ1v) is 7.21. The quantitative estimate of drug-likeness (QED) is 0.706. The normalized spacial score (nSPS) is 10.5. The molecule has 0 spiro atoms. The topological polar surface area (TPSA) is 39.7 Å². The minimum Gasteiger partial charge on any atom is -0.493 e. The van der Waals surface area contributed by atoms with E-state index in [4.69, 9.17) is 14.2 Å². The Bertz CT molecular complexity index is 385. The number of nitrogens with one attached hydrogen (secondary N) is 1. The Labute approximate surface area is 123 Å². The number of benzene rings is 1. The van der Waals surface area contributed by atoms with Crippen molar-refractivity contribution in [1.29, 1.82) is 0 Å². The standard InChI is InChI=1S/C14H22BrNO3/c1-4-6-19-14-11(10-16-5-7-17-2)8-12(15)9-13(14)18-3/h8-9,16H,4-7,10H2,1-3H3. The van der Waals surface area contributed by atoms with Gasteiger partial charge in [0.15, 0.2) is 11.5 Å². The summed E-state index contributed by atoms with van der Waals surface area (Å²) in [6.45, 7) is 4.98. The summed E-state index contributed by atoms with van der Waals surface area (Å²) in [6, 6.07) is 3.97. The molecule has 19 heavy (non-hydrogen) atoms. The van der Waals surface area contributed by atoms with E-state index in [-0.39, 0.29) is 0 Å². The molecule has 0 aliphatic heterocycles. The van der Waals surface area contributed by atoms with Crippen molar-refractivity contribution in [2.75, 3.05) is 34.0 Å². The van der Waals surface area contributed by atoms with Gasteiger partial charge in [0.05, 0.1) is 20.3 Å². The molecule has 108 valence electrons. The molecule has 0 aliphatic carbocycles.